The van der Waals surface area contributed by atoms with Crippen molar-refractivity contribution in [2.45, 2.75) is 19.0 Å². The van der Waals surface area contributed by atoms with E-state index in [4.69, 9.17) is 9.84 Å². The second kappa shape index (κ2) is 5.17. The molecule has 0 aliphatic rings. The smallest absolute Gasteiger partial charge is 0.416 e. The Morgan fingerprint density at radius 1 is 1.44 bits per heavy atom. The van der Waals surface area contributed by atoms with Gasteiger partial charge in [0.25, 0.3) is 0 Å². The number of carboxylic acids is 1. The number of aliphatic carboxylic acids is 1. The predicted molar refractivity (Wildman–Crippen MR) is 61.7 cm³/mol. The molecule has 1 aromatic rings. The fourth-order valence-electron chi connectivity index (χ4n) is 1.46. The molecule has 0 fully saturated rings. The summed E-state index contributed by atoms with van der Waals surface area (Å²) in [5, 5.41) is 8.83. The van der Waals surface area contributed by atoms with Gasteiger partial charge in [0, 0.05) is 0 Å². The first-order chi connectivity index (χ1) is 8.18. The van der Waals surface area contributed by atoms with Gasteiger partial charge >= 0.3 is 12.1 Å². The third kappa shape index (κ3) is 2.95. The Balaban J connectivity index is 3.49. The highest BCUT2D eigenvalue weighted by atomic mass is 79.9. The van der Waals surface area contributed by atoms with Crippen LogP contribution in [0.1, 0.15) is 24.0 Å². The molecule has 0 aromatic heterocycles. The minimum absolute atomic E-state index is 0.00339. The average Bonchev–Trinajstić information content (AvgIpc) is 2.25. The molecule has 18 heavy (non-hydrogen) atoms. The quantitative estimate of drug-likeness (QED) is 0.921. The van der Waals surface area contributed by atoms with Gasteiger partial charge in [-0.2, -0.15) is 13.2 Å². The number of carbonyl (C=O) groups is 1. The predicted octanol–water partition coefficient (Wildman–Crippen LogP) is 3.66. The van der Waals surface area contributed by atoms with Crippen LogP contribution in [0.3, 0.4) is 0 Å². The second-order valence-electron chi connectivity index (χ2n) is 3.63. The Kier molecular flexibility index (Phi) is 4.26. The van der Waals surface area contributed by atoms with Gasteiger partial charge in [0.1, 0.15) is 5.75 Å². The maximum Gasteiger partial charge on any atom is 0.416 e. The lowest BCUT2D eigenvalue weighted by molar-refractivity contribution is -0.141. The lowest BCUT2D eigenvalue weighted by Crippen LogP contribution is -2.16. The Labute approximate surface area is 110 Å². The Bertz CT molecular complexity index is 471. The van der Waals surface area contributed by atoms with E-state index >= 15 is 0 Å². The van der Waals surface area contributed by atoms with Crippen molar-refractivity contribution in [2.24, 2.45) is 0 Å². The topological polar surface area (TPSA) is 46.5 Å². The summed E-state index contributed by atoms with van der Waals surface area (Å²) < 4.78 is 43.6. The molecule has 0 aliphatic carbocycles. The Hall–Kier alpha value is -1.24. The van der Waals surface area contributed by atoms with E-state index in [-0.39, 0.29) is 15.8 Å². The van der Waals surface area contributed by atoms with E-state index in [0.29, 0.717) is 0 Å². The number of carboxylic acid groups (broad SMARTS) is 1. The molecule has 1 unspecified atom stereocenters. The maximum absolute atomic E-state index is 12.9. The van der Waals surface area contributed by atoms with Gasteiger partial charge in [0.15, 0.2) is 0 Å². The average molecular weight is 327 g/mol. The first kappa shape index (κ1) is 14.8. The minimum Gasteiger partial charge on any atom is -0.496 e. The minimum atomic E-state index is -4.63. The van der Waals surface area contributed by atoms with Gasteiger partial charge in [-0.05, 0) is 40.5 Å². The van der Waals surface area contributed by atoms with Crippen LogP contribution in [0.5, 0.6) is 5.75 Å². The van der Waals surface area contributed by atoms with Crippen molar-refractivity contribution in [3.05, 3.63) is 27.7 Å². The summed E-state index contributed by atoms with van der Waals surface area (Å²) in [5.41, 5.74) is -1.31. The summed E-state index contributed by atoms with van der Waals surface area (Å²) in [6.45, 7) is 1.20. The summed E-state index contributed by atoms with van der Waals surface area (Å²) >= 11 is 3.04. The molecular weight excluding hydrogens is 317 g/mol. The van der Waals surface area contributed by atoms with E-state index in [1.807, 2.05) is 0 Å². The summed E-state index contributed by atoms with van der Waals surface area (Å²) in [6.07, 6.45) is -4.63. The fourth-order valence-corrected chi connectivity index (χ4v) is 1.98. The Morgan fingerprint density at radius 2 is 2.00 bits per heavy atom. The normalized spacial score (nSPS) is 13.2. The number of benzene rings is 1. The molecule has 1 aromatic carbocycles. The molecular formula is C11H10BrF3O3. The molecule has 7 heteroatoms. The zero-order chi connectivity index (χ0) is 14.1. The van der Waals surface area contributed by atoms with Gasteiger partial charge in [-0.15, -0.1) is 0 Å². The molecule has 0 saturated carbocycles. The summed E-state index contributed by atoms with van der Waals surface area (Å²) in [5.74, 6) is -2.58. The molecule has 0 saturated heterocycles. The first-order valence-corrected chi connectivity index (χ1v) is 5.65. The number of hydrogen-bond acceptors (Lipinski definition) is 2. The highest BCUT2D eigenvalue weighted by molar-refractivity contribution is 9.10. The monoisotopic (exact) mass is 326 g/mol. The van der Waals surface area contributed by atoms with Gasteiger partial charge in [0.2, 0.25) is 0 Å². The Morgan fingerprint density at radius 3 is 2.39 bits per heavy atom. The standard InChI is InChI=1S/C11H10BrF3O3/c1-5(10(16)17)6-3-8(12)9(18-2)4-7(6)11(13,14)15/h3-5H,1-2H3,(H,16,17). The van der Waals surface area contributed by atoms with E-state index in [2.05, 4.69) is 15.9 Å². The van der Waals surface area contributed by atoms with E-state index in [1.165, 1.54) is 14.0 Å². The van der Waals surface area contributed by atoms with Crippen LogP contribution in [0.4, 0.5) is 13.2 Å². The van der Waals surface area contributed by atoms with Crippen LogP contribution in [0.25, 0.3) is 0 Å². The second-order valence-corrected chi connectivity index (χ2v) is 4.49. The van der Waals surface area contributed by atoms with Crippen molar-refractivity contribution in [2.75, 3.05) is 7.11 Å². The summed E-state index contributed by atoms with van der Waals surface area (Å²) in [7, 11) is 1.24. The molecule has 100 valence electrons. The van der Waals surface area contributed by atoms with E-state index in [1.54, 1.807) is 0 Å². The summed E-state index contributed by atoms with van der Waals surface area (Å²) in [6, 6.07) is 1.92. The number of hydrogen-bond donors (Lipinski definition) is 1. The molecule has 1 atom stereocenters. The molecule has 0 bridgehead atoms. The zero-order valence-electron chi connectivity index (χ0n) is 9.51. The van der Waals surface area contributed by atoms with Crippen molar-refractivity contribution >= 4 is 21.9 Å². The van der Waals surface area contributed by atoms with Crippen molar-refractivity contribution in [1.29, 1.82) is 0 Å². The lowest BCUT2D eigenvalue weighted by Gasteiger charge is -2.17. The molecule has 1 N–H and O–H groups in total. The molecule has 3 nitrogen and oxygen atoms in total. The number of ether oxygens (including phenoxy) is 1. The number of methoxy groups -OCH3 is 1. The largest absolute Gasteiger partial charge is 0.496 e. The van der Waals surface area contributed by atoms with Crippen LogP contribution in [-0.2, 0) is 11.0 Å². The lowest BCUT2D eigenvalue weighted by atomic mass is 9.95. The SMILES string of the molecule is COc1cc(C(F)(F)F)c(C(C)C(=O)O)cc1Br. The third-order valence-electron chi connectivity index (χ3n) is 2.47. The molecule has 1 rings (SSSR count). The third-order valence-corrected chi connectivity index (χ3v) is 3.09. The van der Waals surface area contributed by atoms with Crippen LogP contribution >= 0.6 is 15.9 Å². The molecule has 0 heterocycles. The van der Waals surface area contributed by atoms with Crippen molar-refractivity contribution in [3.8, 4) is 5.75 Å². The summed E-state index contributed by atoms with van der Waals surface area (Å²) in [4.78, 5) is 10.8. The van der Waals surface area contributed by atoms with E-state index < -0.39 is 23.6 Å². The number of alkyl halides is 3. The molecule has 0 aliphatic heterocycles. The number of halogens is 4. The zero-order valence-corrected chi connectivity index (χ0v) is 11.1. The van der Waals surface area contributed by atoms with E-state index in [9.17, 15) is 18.0 Å². The van der Waals surface area contributed by atoms with Gasteiger partial charge < -0.3 is 9.84 Å². The molecule has 0 spiro atoms. The van der Waals surface area contributed by atoms with Crippen LogP contribution in [0.2, 0.25) is 0 Å². The molecule has 0 amide bonds. The van der Waals surface area contributed by atoms with Crippen LogP contribution in [0, 0.1) is 0 Å². The van der Waals surface area contributed by atoms with Gasteiger partial charge in [-0.1, -0.05) is 0 Å². The van der Waals surface area contributed by atoms with Crippen LogP contribution in [-0.4, -0.2) is 18.2 Å². The van der Waals surface area contributed by atoms with E-state index in [0.717, 1.165) is 12.1 Å². The van der Waals surface area contributed by atoms with Crippen molar-refractivity contribution in [1.82, 2.24) is 0 Å². The van der Waals surface area contributed by atoms with Crippen LogP contribution < -0.4 is 4.74 Å². The highest BCUT2D eigenvalue weighted by Gasteiger charge is 2.37. The van der Waals surface area contributed by atoms with Crippen molar-refractivity contribution in [3.63, 3.8) is 0 Å². The van der Waals surface area contributed by atoms with Gasteiger partial charge in [-0.3, -0.25) is 4.79 Å². The van der Waals surface area contributed by atoms with Crippen molar-refractivity contribution < 1.29 is 27.8 Å². The molecule has 0 radical (unpaired) electrons. The van der Waals surface area contributed by atoms with Gasteiger partial charge in [0.05, 0.1) is 23.1 Å². The highest BCUT2D eigenvalue weighted by Crippen LogP contribution is 2.40. The van der Waals surface area contributed by atoms with Gasteiger partial charge in [-0.25, -0.2) is 0 Å². The number of rotatable bonds is 3. The fraction of sp³-hybridized carbons (Fsp3) is 0.364. The maximum atomic E-state index is 12.9. The van der Waals surface area contributed by atoms with Crippen LogP contribution in [0.15, 0.2) is 16.6 Å². The first-order valence-electron chi connectivity index (χ1n) is 4.86.